The van der Waals surface area contributed by atoms with Crippen LogP contribution in [0.15, 0.2) is 65.8 Å². The molecule has 1 N–H and O–H groups in total. The Labute approximate surface area is 171 Å². The molecule has 4 aromatic rings. The van der Waals surface area contributed by atoms with Crippen molar-refractivity contribution in [3.8, 4) is 21.9 Å². The lowest BCUT2D eigenvalue weighted by atomic mass is 10.2. The molecule has 9 heteroatoms. The Kier molecular flexibility index (Phi) is 4.33. The number of hydrogen-bond acceptors (Lipinski definition) is 7. The molecule has 0 radical (unpaired) electrons. The first-order valence-electron chi connectivity index (χ1n) is 8.83. The standard InChI is InChI=1S/C20H15N3O4S2/c24-29(25,14-6-7-16-17(10-14)27-9-8-26-16)23-19-15-11-18(13-4-2-1-3-5-13)28-20(15)22-12-21-19/h1-7,10-12H,8-9H2,(H,21,22,23). The summed E-state index contributed by atoms with van der Waals surface area (Å²) in [5.74, 6) is 1.18. The molecule has 0 saturated carbocycles. The number of hydrogen-bond donors (Lipinski definition) is 1. The minimum Gasteiger partial charge on any atom is -0.486 e. The van der Waals surface area contributed by atoms with Gasteiger partial charge in [0.2, 0.25) is 0 Å². The molecule has 2 aromatic carbocycles. The van der Waals surface area contributed by atoms with E-state index < -0.39 is 10.0 Å². The van der Waals surface area contributed by atoms with Gasteiger partial charge in [-0.1, -0.05) is 30.3 Å². The van der Waals surface area contributed by atoms with Gasteiger partial charge in [0.25, 0.3) is 10.0 Å². The number of ether oxygens (including phenoxy) is 2. The van der Waals surface area contributed by atoms with Gasteiger partial charge in [-0.05, 0) is 23.8 Å². The molecule has 1 aliphatic heterocycles. The zero-order chi connectivity index (χ0) is 19.8. The number of fused-ring (bicyclic) bond motifs is 2. The monoisotopic (exact) mass is 425 g/mol. The maximum absolute atomic E-state index is 12.9. The lowest BCUT2D eigenvalue weighted by Crippen LogP contribution is -2.17. The first-order valence-corrected chi connectivity index (χ1v) is 11.1. The molecule has 0 aliphatic carbocycles. The lowest BCUT2D eigenvalue weighted by molar-refractivity contribution is 0.171. The highest BCUT2D eigenvalue weighted by atomic mass is 32.2. The summed E-state index contributed by atoms with van der Waals surface area (Å²) < 4.78 is 39.4. The van der Waals surface area contributed by atoms with Crippen molar-refractivity contribution >= 4 is 37.4 Å². The summed E-state index contributed by atoms with van der Waals surface area (Å²) in [4.78, 5) is 10.2. The van der Waals surface area contributed by atoms with Crippen molar-refractivity contribution in [1.82, 2.24) is 9.97 Å². The average molecular weight is 425 g/mol. The summed E-state index contributed by atoms with van der Waals surface area (Å²) in [6.45, 7) is 0.825. The van der Waals surface area contributed by atoms with Crippen molar-refractivity contribution < 1.29 is 17.9 Å². The van der Waals surface area contributed by atoms with Gasteiger partial charge in [0.05, 0.1) is 10.3 Å². The van der Waals surface area contributed by atoms with Crippen molar-refractivity contribution in [1.29, 1.82) is 0 Å². The molecule has 29 heavy (non-hydrogen) atoms. The van der Waals surface area contributed by atoms with Gasteiger partial charge in [0, 0.05) is 10.9 Å². The first kappa shape index (κ1) is 17.9. The van der Waals surface area contributed by atoms with Crippen molar-refractivity contribution in [3.05, 3.63) is 60.9 Å². The average Bonchev–Trinajstić information content (AvgIpc) is 3.19. The predicted molar refractivity (Wildman–Crippen MR) is 111 cm³/mol. The molecule has 2 aromatic heterocycles. The van der Waals surface area contributed by atoms with E-state index in [1.54, 1.807) is 6.07 Å². The van der Waals surface area contributed by atoms with Crippen molar-refractivity contribution in [2.75, 3.05) is 17.9 Å². The molecule has 1 aliphatic rings. The summed E-state index contributed by atoms with van der Waals surface area (Å²) in [6.07, 6.45) is 1.36. The van der Waals surface area contributed by atoms with Gasteiger partial charge in [0.1, 0.15) is 24.4 Å². The van der Waals surface area contributed by atoms with Crippen LogP contribution in [0.1, 0.15) is 0 Å². The van der Waals surface area contributed by atoms with Crippen LogP contribution in [-0.2, 0) is 10.0 Å². The molecule has 0 bridgehead atoms. The van der Waals surface area contributed by atoms with E-state index in [9.17, 15) is 8.42 Å². The molecular formula is C20H15N3O4S2. The van der Waals surface area contributed by atoms with Crippen LogP contribution in [0.3, 0.4) is 0 Å². The van der Waals surface area contributed by atoms with Crippen LogP contribution in [0.25, 0.3) is 20.7 Å². The van der Waals surface area contributed by atoms with Gasteiger partial charge in [-0.3, -0.25) is 4.72 Å². The minimum atomic E-state index is -3.86. The number of rotatable bonds is 4. The Hall–Kier alpha value is -3.17. The Morgan fingerprint density at radius 1 is 0.931 bits per heavy atom. The number of benzene rings is 2. The summed E-state index contributed by atoms with van der Waals surface area (Å²) in [5, 5.41) is 0.650. The SMILES string of the molecule is O=S(=O)(Nc1ncnc2sc(-c3ccccc3)cc12)c1ccc2c(c1)OCCO2. The number of anilines is 1. The van der Waals surface area contributed by atoms with Gasteiger partial charge < -0.3 is 9.47 Å². The second-order valence-electron chi connectivity index (χ2n) is 6.33. The van der Waals surface area contributed by atoms with Crippen LogP contribution in [0, 0.1) is 0 Å². The highest BCUT2D eigenvalue weighted by Crippen LogP contribution is 2.36. The fourth-order valence-corrected chi connectivity index (χ4v) is 5.11. The van der Waals surface area contributed by atoms with Crippen LogP contribution >= 0.6 is 11.3 Å². The molecule has 0 spiro atoms. The molecule has 3 heterocycles. The van der Waals surface area contributed by atoms with Crippen LogP contribution in [-0.4, -0.2) is 31.6 Å². The normalized spacial score (nSPS) is 13.4. The zero-order valence-electron chi connectivity index (χ0n) is 15.0. The minimum absolute atomic E-state index is 0.0759. The lowest BCUT2D eigenvalue weighted by Gasteiger charge is -2.19. The Balaban J connectivity index is 1.52. The molecule has 7 nitrogen and oxygen atoms in total. The van der Waals surface area contributed by atoms with E-state index in [4.69, 9.17) is 9.47 Å². The maximum atomic E-state index is 12.9. The van der Waals surface area contributed by atoms with E-state index in [0.29, 0.717) is 34.9 Å². The first-order chi connectivity index (χ1) is 14.1. The molecule has 5 rings (SSSR count). The van der Waals surface area contributed by atoms with Crippen LogP contribution < -0.4 is 14.2 Å². The summed E-state index contributed by atoms with van der Waals surface area (Å²) in [5.41, 5.74) is 1.04. The Bertz CT molecular complexity index is 1300. The van der Waals surface area contributed by atoms with Gasteiger partial charge >= 0.3 is 0 Å². The quantitative estimate of drug-likeness (QED) is 0.533. The third-order valence-electron chi connectivity index (χ3n) is 4.44. The van der Waals surface area contributed by atoms with E-state index in [2.05, 4.69) is 14.7 Å². The van der Waals surface area contributed by atoms with Crippen LogP contribution in [0.5, 0.6) is 11.5 Å². The van der Waals surface area contributed by atoms with Gasteiger partial charge in [-0.2, -0.15) is 0 Å². The highest BCUT2D eigenvalue weighted by Gasteiger charge is 2.21. The number of nitrogens with one attached hydrogen (secondary N) is 1. The second-order valence-corrected chi connectivity index (χ2v) is 9.04. The number of sulfonamides is 1. The third kappa shape index (κ3) is 3.39. The van der Waals surface area contributed by atoms with Crippen molar-refractivity contribution in [3.63, 3.8) is 0 Å². The van der Waals surface area contributed by atoms with E-state index >= 15 is 0 Å². The van der Waals surface area contributed by atoms with Crippen LogP contribution in [0.2, 0.25) is 0 Å². The second kappa shape index (κ2) is 7.02. The Morgan fingerprint density at radius 2 is 1.72 bits per heavy atom. The van der Waals surface area contributed by atoms with E-state index in [-0.39, 0.29) is 10.7 Å². The third-order valence-corrected chi connectivity index (χ3v) is 6.87. The van der Waals surface area contributed by atoms with Crippen LogP contribution in [0.4, 0.5) is 5.82 Å². The van der Waals surface area contributed by atoms with E-state index in [0.717, 1.165) is 10.4 Å². The van der Waals surface area contributed by atoms with E-state index in [1.807, 2.05) is 36.4 Å². The summed E-state index contributed by atoms with van der Waals surface area (Å²) in [6, 6.07) is 16.3. The molecule has 0 amide bonds. The fourth-order valence-electron chi connectivity index (χ4n) is 3.06. The molecular weight excluding hydrogens is 410 g/mol. The number of nitrogens with zero attached hydrogens (tertiary/aromatic N) is 2. The highest BCUT2D eigenvalue weighted by molar-refractivity contribution is 7.92. The van der Waals surface area contributed by atoms with Gasteiger partial charge in [-0.15, -0.1) is 11.3 Å². The molecule has 0 fully saturated rings. The topological polar surface area (TPSA) is 90.4 Å². The molecule has 146 valence electrons. The Morgan fingerprint density at radius 3 is 2.55 bits per heavy atom. The summed E-state index contributed by atoms with van der Waals surface area (Å²) >= 11 is 1.48. The van der Waals surface area contributed by atoms with Gasteiger partial charge in [0.15, 0.2) is 17.3 Å². The van der Waals surface area contributed by atoms with E-state index in [1.165, 1.54) is 29.8 Å². The number of thiophene rings is 1. The number of aromatic nitrogens is 2. The van der Waals surface area contributed by atoms with Crippen molar-refractivity contribution in [2.24, 2.45) is 0 Å². The largest absolute Gasteiger partial charge is 0.486 e. The smallest absolute Gasteiger partial charge is 0.263 e. The predicted octanol–water partition coefficient (Wildman–Crippen LogP) is 3.93. The molecule has 0 saturated heterocycles. The fraction of sp³-hybridized carbons (Fsp3) is 0.100. The van der Waals surface area contributed by atoms with Crippen molar-refractivity contribution in [2.45, 2.75) is 4.90 Å². The molecule has 0 atom stereocenters. The zero-order valence-corrected chi connectivity index (χ0v) is 16.7. The van der Waals surface area contributed by atoms with Gasteiger partial charge in [-0.25, -0.2) is 18.4 Å². The molecule has 0 unspecified atom stereocenters. The maximum Gasteiger partial charge on any atom is 0.263 e. The summed E-state index contributed by atoms with van der Waals surface area (Å²) in [7, 11) is -3.86.